The molecule has 0 aliphatic carbocycles. The lowest BCUT2D eigenvalue weighted by atomic mass is 10.2. The highest BCUT2D eigenvalue weighted by atomic mass is 16.5. The van der Waals surface area contributed by atoms with Crippen molar-refractivity contribution in [1.82, 2.24) is 14.7 Å². The Bertz CT molecular complexity index is 1040. The van der Waals surface area contributed by atoms with Crippen molar-refractivity contribution in [2.24, 2.45) is 0 Å². The number of hydrogen-bond donors (Lipinski definition) is 0. The topological polar surface area (TPSA) is 50.6 Å². The van der Waals surface area contributed by atoms with Gasteiger partial charge < -0.3 is 14.5 Å². The lowest BCUT2D eigenvalue weighted by molar-refractivity contribution is 0.0737. The zero-order chi connectivity index (χ0) is 21.1. The van der Waals surface area contributed by atoms with Gasteiger partial charge in [-0.1, -0.05) is 24.3 Å². The molecule has 1 fully saturated rings. The molecule has 0 atom stereocenters. The summed E-state index contributed by atoms with van der Waals surface area (Å²) in [4.78, 5) is 17.5. The summed E-state index contributed by atoms with van der Waals surface area (Å²) in [7, 11) is 0. The van der Waals surface area contributed by atoms with Gasteiger partial charge in [-0.15, -0.1) is 0 Å². The van der Waals surface area contributed by atoms with E-state index in [9.17, 15) is 4.79 Å². The van der Waals surface area contributed by atoms with Crippen LogP contribution >= 0.6 is 0 Å². The first-order chi connectivity index (χ1) is 14.6. The average Bonchev–Trinajstić information content (AvgIpc) is 3.16. The average molecular weight is 405 g/mol. The summed E-state index contributed by atoms with van der Waals surface area (Å²) >= 11 is 0. The largest absolute Gasteiger partial charge is 0.492 e. The minimum absolute atomic E-state index is 0.0230. The van der Waals surface area contributed by atoms with Gasteiger partial charge in [0.2, 0.25) is 0 Å². The number of ether oxygens (including phenoxy) is 1. The summed E-state index contributed by atoms with van der Waals surface area (Å²) in [6, 6.07) is 18.0. The first-order valence-electron chi connectivity index (χ1n) is 10.5. The number of para-hydroxylation sites is 2. The van der Waals surface area contributed by atoms with Crippen LogP contribution < -0.4 is 9.64 Å². The van der Waals surface area contributed by atoms with Crippen LogP contribution in [-0.4, -0.2) is 53.4 Å². The Morgan fingerprint density at radius 2 is 1.77 bits per heavy atom. The van der Waals surface area contributed by atoms with Crippen LogP contribution in [0.4, 0.5) is 5.69 Å². The number of aromatic nitrogens is 2. The lowest BCUT2D eigenvalue weighted by Gasteiger charge is -2.36. The van der Waals surface area contributed by atoms with Crippen LogP contribution in [0.1, 0.15) is 28.7 Å². The maximum absolute atomic E-state index is 13.3. The number of benzene rings is 2. The van der Waals surface area contributed by atoms with Gasteiger partial charge >= 0.3 is 0 Å². The maximum Gasteiger partial charge on any atom is 0.272 e. The van der Waals surface area contributed by atoms with Crippen LogP contribution in [0.15, 0.2) is 54.6 Å². The summed E-state index contributed by atoms with van der Waals surface area (Å²) in [5.41, 5.74) is 4.59. The minimum Gasteiger partial charge on any atom is -0.492 e. The van der Waals surface area contributed by atoms with Crippen molar-refractivity contribution in [3.05, 3.63) is 71.5 Å². The number of amides is 1. The van der Waals surface area contributed by atoms with E-state index in [2.05, 4.69) is 16.1 Å². The van der Waals surface area contributed by atoms with E-state index in [0.29, 0.717) is 25.4 Å². The highest BCUT2D eigenvalue weighted by Gasteiger charge is 2.26. The van der Waals surface area contributed by atoms with Crippen molar-refractivity contribution in [2.75, 3.05) is 37.7 Å². The molecule has 0 saturated carbocycles. The second kappa shape index (κ2) is 8.61. The molecule has 0 spiro atoms. The standard InChI is InChI=1S/C24H28N4O2/c1-4-30-23-11-6-5-10-21(23)26-12-14-27(15-13-26)24(29)22-17-19(3)25-28(22)20-9-7-8-18(2)16-20/h5-11,16-17H,4,12-15H2,1-3H3. The Kier molecular flexibility index (Phi) is 5.74. The number of rotatable bonds is 5. The highest BCUT2D eigenvalue weighted by molar-refractivity contribution is 5.93. The molecule has 4 rings (SSSR count). The highest BCUT2D eigenvalue weighted by Crippen LogP contribution is 2.29. The molecular formula is C24H28N4O2. The summed E-state index contributed by atoms with van der Waals surface area (Å²) in [5.74, 6) is 0.919. The number of carbonyl (C=O) groups excluding carboxylic acids is 1. The monoisotopic (exact) mass is 404 g/mol. The molecule has 2 aromatic carbocycles. The molecule has 1 aliphatic rings. The number of aryl methyl sites for hydroxylation is 2. The molecule has 30 heavy (non-hydrogen) atoms. The summed E-state index contributed by atoms with van der Waals surface area (Å²) in [5, 5.41) is 4.57. The number of hydrogen-bond acceptors (Lipinski definition) is 4. The second-order valence-corrected chi connectivity index (χ2v) is 7.60. The molecule has 156 valence electrons. The first-order valence-corrected chi connectivity index (χ1v) is 10.5. The molecule has 3 aromatic rings. The third kappa shape index (κ3) is 4.03. The predicted molar refractivity (Wildman–Crippen MR) is 119 cm³/mol. The van der Waals surface area contributed by atoms with Gasteiger partial charge in [0, 0.05) is 26.2 Å². The fourth-order valence-electron chi connectivity index (χ4n) is 3.92. The Hall–Kier alpha value is -3.28. The molecule has 6 nitrogen and oxygen atoms in total. The van der Waals surface area contributed by atoms with Gasteiger partial charge in [0.1, 0.15) is 11.4 Å². The van der Waals surface area contributed by atoms with E-state index in [0.717, 1.165) is 41.5 Å². The Labute approximate surface area is 177 Å². The van der Waals surface area contributed by atoms with Gasteiger partial charge in [0.05, 0.1) is 23.7 Å². The Morgan fingerprint density at radius 1 is 1.00 bits per heavy atom. The Balaban J connectivity index is 1.51. The fourth-order valence-corrected chi connectivity index (χ4v) is 3.92. The molecule has 0 N–H and O–H groups in total. The van der Waals surface area contributed by atoms with Crippen molar-refractivity contribution in [2.45, 2.75) is 20.8 Å². The lowest BCUT2D eigenvalue weighted by Crippen LogP contribution is -2.49. The van der Waals surface area contributed by atoms with Gasteiger partial charge in [-0.2, -0.15) is 5.10 Å². The quantitative estimate of drug-likeness (QED) is 0.648. The van der Waals surface area contributed by atoms with Gasteiger partial charge in [-0.25, -0.2) is 4.68 Å². The predicted octanol–water partition coefficient (Wildman–Crippen LogP) is 3.85. The minimum atomic E-state index is 0.0230. The van der Waals surface area contributed by atoms with E-state index in [1.165, 1.54) is 0 Å². The third-order valence-electron chi connectivity index (χ3n) is 5.37. The van der Waals surface area contributed by atoms with E-state index in [4.69, 9.17) is 4.74 Å². The molecule has 1 aliphatic heterocycles. The van der Waals surface area contributed by atoms with Crippen molar-refractivity contribution in [1.29, 1.82) is 0 Å². The van der Waals surface area contributed by atoms with Crippen molar-refractivity contribution in [3.63, 3.8) is 0 Å². The number of nitrogens with zero attached hydrogens (tertiary/aromatic N) is 4. The van der Waals surface area contributed by atoms with E-state index >= 15 is 0 Å². The van der Waals surface area contributed by atoms with Gasteiger partial charge in [0.15, 0.2) is 0 Å². The zero-order valence-electron chi connectivity index (χ0n) is 17.8. The molecular weight excluding hydrogens is 376 g/mol. The summed E-state index contributed by atoms with van der Waals surface area (Å²) in [6.07, 6.45) is 0. The smallest absolute Gasteiger partial charge is 0.272 e. The maximum atomic E-state index is 13.3. The van der Waals surface area contributed by atoms with Crippen LogP contribution in [0.2, 0.25) is 0 Å². The molecule has 1 saturated heterocycles. The van der Waals surface area contributed by atoms with Crippen LogP contribution in [0.25, 0.3) is 5.69 Å². The van der Waals surface area contributed by atoms with Crippen LogP contribution in [0, 0.1) is 13.8 Å². The van der Waals surface area contributed by atoms with Crippen molar-refractivity contribution >= 4 is 11.6 Å². The number of anilines is 1. The van der Waals surface area contributed by atoms with Gasteiger partial charge in [-0.3, -0.25) is 4.79 Å². The molecule has 2 heterocycles. The molecule has 0 radical (unpaired) electrons. The number of carbonyl (C=O) groups is 1. The van der Waals surface area contributed by atoms with E-state index < -0.39 is 0 Å². The fraction of sp³-hybridized carbons (Fsp3) is 0.333. The summed E-state index contributed by atoms with van der Waals surface area (Å²) < 4.78 is 7.54. The van der Waals surface area contributed by atoms with Crippen molar-refractivity contribution in [3.8, 4) is 11.4 Å². The van der Waals surface area contributed by atoms with Crippen LogP contribution in [-0.2, 0) is 0 Å². The second-order valence-electron chi connectivity index (χ2n) is 7.60. The number of piperazine rings is 1. The van der Waals surface area contributed by atoms with Crippen LogP contribution in [0.5, 0.6) is 5.75 Å². The molecule has 1 aromatic heterocycles. The zero-order valence-corrected chi connectivity index (χ0v) is 17.8. The van der Waals surface area contributed by atoms with E-state index in [1.807, 2.05) is 74.2 Å². The normalized spacial score (nSPS) is 14.1. The molecule has 6 heteroatoms. The SMILES string of the molecule is CCOc1ccccc1N1CCN(C(=O)c2cc(C)nn2-c2cccc(C)c2)CC1. The Morgan fingerprint density at radius 3 is 2.50 bits per heavy atom. The molecule has 0 bridgehead atoms. The van der Waals surface area contributed by atoms with E-state index in [-0.39, 0.29) is 5.91 Å². The van der Waals surface area contributed by atoms with Crippen LogP contribution in [0.3, 0.4) is 0 Å². The summed E-state index contributed by atoms with van der Waals surface area (Å²) in [6.45, 7) is 9.46. The molecule has 1 amide bonds. The first kappa shape index (κ1) is 20.0. The van der Waals surface area contributed by atoms with Gasteiger partial charge in [0.25, 0.3) is 5.91 Å². The van der Waals surface area contributed by atoms with Crippen molar-refractivity contribution < 1.29 is 9.53 Å². The van der Waals surface area contributed by atoms with Gasteiger partial charge in [-0.05, 0) is 56.7 Å². The third-order valence-corrected chi connectivity index (χ3v) is 5.37. The van der Waals surface area contributed by atoms with E-state index in [1.54, 1.807) is 4.68 Å². The molecule has 0 unspecified atom stereocenters.